The van der Waals surface area contributed by atoms with Crippen molar-refractivity contribution in [2.24, 2.45) is 0 Å². The molecule has 0 bridgehead atoms. The molecule has 2 rings (SSSR count). The molecule has 0 unspecified atom stereocenters. The third-order valence-electron chi connectivity index (χ3n) is 2.41. The Balaban J connectivity index is 2.67. The summed E-state index contributed by atoms with van der Waals surface area (Å²) in [5.74, 6) is 0.466. The average Bonchev–Trinajstić information content (AvgIpc) is 2.36. The molecule has 1 aromatic heterocycles. The Bertz CT molecular complexity index is 610. The van der Waals surface area contributed by atoms with Crippen molar-refractivity contribution in [3.63, 3.8) is 0 Å². The fraction of sp³-hybridized carbons (Fsp3) is 0.273. The summed E-state index contributed by atoms with van der Waals surface area (Å²) in [5.41, 5.74) is 0.461. The van der Waals surface area contributed by atoms with Gasteiger partial charge in [0.25, 0.3) is 0 Å². The number of anilines is 1. The molecule has 1 aromatic carbocycles. The summed E-state index contributed by atoms with van der Waals surface area (Å²) in [6, 6.07) is 2.84. The maximum Gasteiger partial charge on any atom is 0.387 e. The minimum absolute atomic E-state index is 0.0430. The summed E-state index contributed by atoms with van der Waals surface area (Å²) in [7, 11) is 2.98. The van der Waals surface area contributed by atoms with Gasteiger partial charge in [0.05, 0.1) is 12.6 Å². The fourth-order valence-corrected chi connectivity index (χ4v) is 1.82. The van der Waals surface area contributed by atoms with Gasteiger partial charge in [-0.05, 0) is 17.7 Å². The average molecular weight is 290 g/mol. The first-order valence-corrected chi connectivity index (χ1v) is 5.60. The summed E-state index contributed by atoms with van der Waals surface area (Å²) in [6.07, 6.45) is 0. The second-order valence-corrected chi connectivity index (χ2v) is 3.83. The number of alkyl halides is 2. The molecule has 0 amide bonds. The minimum atomic E-state index is -2.95. The van der Waals surface area contributed by atoms with Crippen molar-refractivity contribution in [2.75, 3.05) is 19.5 Å². The first-order valence-electron chi connectivity index (χ1n) is 5.23. The zero-order valence-corrected chi connectivity index (χ0v) is 10.8. The smallest absolute Gasteiger partial charge is 0.387 e. The molecule has 19 heavy (non-hydrogen) atoms. The number of benzene rings is 1. The maximum atomic E-state index is 12.3. The van der Waals surface area contributed by atoms with E-state index in [0.717, 1.165) is 0 Å². The molecule has 8 heteroatoms. The van der Waals surface area contributed by atoms with Crippen LogP contribution >= 0.6 is 11.6 Å². The van der Waals surface area contributed by atoms with Crippen molar-refractivity contribution in [2.45, 2.75) is 6.61 Å². The normalized spacial score (nSPS) is 10.8. The Labute approximate surface area is 112 Å². The summed E-state index contributed by atoms with van der Waals surface area (Å²) in [4.78, 5) is 7.96. The van der Waals surface area contributed by atoms with Gasteiger partial charge in [-0.25, -0.2) is 9.97 Å². The molecule has 1 heterocycles. The highest BCUT2D eigenvalue weighted by molar-refractivity contribution is 6.28. The first kappa shape index (κ1) is 13.5. The number of fused-ring (bicyclic) bond motifs is 1. The van der Waals surface area contributed by atoms with Crippen molar-refractivity contribution in [3.05, 3.63) is 17.4 Å². The Morgan fingerprint density at radius 1 is 1.26 bits per heavy atom. The quantitative estimate of drug-likeness (QED) is 0.877. The molecular weight excluding hydrogens is 280 g/mol. The summed E-state index contributed by atoms with van der Waals surface area (Å²) < 4.78 is 34.1. The Morgan fingerprint density at radius 2 is 2.00 bits per heavy atom. The van der Waals surface area contributed by atoms with Crippen LogP contribution in [0.25, 0.3) is 10.9 Å². The lowest BCUT2D eigenvalue weighted by Gasteiger charge is -2.12. The van der Waals surface area contributed by atoms with Gasteiger partial charge >= 0.3 is 6.61 Å². The SMILES string of the molecule is CNc1nc(Cl)nc2cc(OC)c(OC(F)F)cc12. The summed E-state index contributed by atoms with van der Waals surface area (Å²) in [6.45, 7) is -2.95. The van der Waals surface area contributed by atoms with E-state index in [1.165, 1.54) is 19.2 Å². The van der Waals surface area contributed by atoms with Gasteiger partial charge in [0.15, 0.2) is 11.5 Å². The number of nitrogens with one attached hydrogen (secondary N) is 1. The standard InChI is InChI=1S/C11H10ClF2N3O2/c1-15-9-5-3-8(19-11(13)14)7(18-2)4-6(5)16-10(12)17-9/h3-4,11H,1-2H3,(H,15,16,17). The van der Waals surface area contributed by atoms with Gasteiger partial charge in [0.1, 0.15) is 5.82 Å². The van der Waals surface area contributed by atoms with Gasteiger partial charge in [-0.15, -0.1) is 0 Å². The lowest BCUT2D eigenvalue weighted by molar-refractivity contribution is -0.0511. The largest absolute Gasteiger partial charge is 0.493 e. The molecule has 0 saturated heterocycles. The minimum Gasteiger partial charge on any atom is -0.493 e. The van der Waals surface area contributed by atoms with Gasteiger partial charge in [-0.1, -0.05) is 0 Å². The number of ether oxygens (including phenoxy) is 2. The first-order chi connectivity index (χ1) is 9.05. The summed E-state index contributed by atoms with van der Waals surface area (Å²) in [5, 5.41) is 3.36. The van der Waals surface area contributed by atoms with Crippen LogP contribution in [0.2, 0.25) is 5.28 Å². The van der Waals surface area contributed by atoms with E-state index in [4.69, 9.17) is 16.3 Å². The van der Waals surface area contributed by atoms with E-state index >= 15 is 0 Å². The number of rotatable bonds is 4. The highest BCUT2D eigenvalue weighted by atomic mass is 35.5. The van der Waals surface area contributed by atoms with Crippen LogP contribution in [0.1, 0.15) is 0 Å². The highest BCUT2D eigenvalue weighted by Gasteiger charge is 2.15. The van der Waals surface area contributed by atoms with Gasteiger partial charge in [0.2, 0.25) is 5.28 Å². The Hall–Kier alpha value is -1.89. The van der Waals surface area contributed by atoms with Crippen molar-refractivity contribution < 1.29 is 18.3 Å². The highest BCUT2D eigenvalue weighted by Crippen LogP contribution is 2.35. The monoisotopic (exact) mass is 289 g/mol. The summed E-state index contributed by atoms with van der Waals surface area (Å²) >= 11 is 5.77. The third kappa shape index (κ3) is 2.76. The van der Waals surface area contributed by atoms with Crippen LogP contribution in [0.4, 0.5) is 14.6 Å². The predicted molar refractivity (Wildman–Crippen MR) is 67.3 cm³/mol. The molecule has 2 aromatic rings. The molecule has 0 atom stereocenters. The number of aromatic nitrogens is 2. The lowest BCUT2D eigenvalue weighted by atomic mass is 10.2. The van der Waals surface area contributed by atoms with Gasteiger partial charge in [0, 0.05) is 18.5 Å². The van der Waals surface area contributed by atoms with Crippen LogP contribution in [0.15, 0.2) is 12.1 Å². The van der Waals surface area contributed by atoms with E-state index in [1.807, 2.05) is 0 Å². The number of hydrogen-bond acceptors (Lipinski definition) is 5. The molecule has 0 saturated carbocycles. The zero-order valence-electron chi connectivity index (χ0n) is 10.1. The van der Waals surface area contributed by atoms with E-state index in [-0.39, 0.29) is 16.8 Å². The molecule has 1 N–H and O–H groups in total. The number of methoxy groups -OCH3 is 1. The van der Waals surface area contributed by atoms with E-state index in [1.54, 1.807) is 7.05 Å². The third-order valence-corrected chi connectivity index (χ3v) is 2.58. The molecular formula is C11H10ClF2N3O2. The van der Waals surface area contributed by atoms with Gasteiger partial charge < -0.3 is 14.8 Å². The van der Waals surface area contributed by atoms with E-state index < -0.39 is 6.61 Å². The molecule has 0 aliphatic heterocycles. The Kier molecular flexibility index (Phi) is 3.84. The number of halogens is 3. The van der Waals surface area contributed by atoms with Crippen molar-refractivity contribution in [3.8, 4) is 11.5 Å². The maximum absolute atomic E-state index is 12.3. The second-order valence-electron chi connectivity index (χ2n) is 3.49. The van der Waals surface area contributed by atoms with Gasteiger partial charge in [-0.3, -0.25) is 0 Å². The van der Waals surface area contributed by atoms with Crippen LogP contribution in [0, 0.1) is 0 Å². The van der Waals surface area contributed by atoms with Crippen LogP contribution in [-0.2, 0) is 0 Å². The van der Waals surface area contributed by atoms with Crippen molar-refractivity contribution >= 4 is 28.3 Å². The van der Waals surface area contributed by atoms with Crippen molar-refractivity contribution in [1.29, 1.82) is 0 Å². The van der Waals surface area contributed by atoms with E-state index in [9.17, 15) is 8.78 Å². The molecule has 0 fully saturated rings. The molecule has 0 spiro atoms. The predicted octanol–water partition coefficient (Wildman–Crippen LogP) is 2.93. The molecule has 0 aliphatic rings. The van der Waals surface area contributed by atoms with Crippen LogP contribution in [0.5, 0.6) is 11.5 Å². The topological polar surface area (TPSA) is 56.3 Å². The number of hydrogen-bond donors (Lipinski definition) is 1. The van der Waals surface area contributed by atoms with Crippen LogP contribution in [-0.4, -0.2) is 30.7 Å². The van der Waals surface area contributed by atoms with Crippen molar-refractivity contribution in [1.82, 2.24) is 9.97 Å². The second kappa shape index (κ2) is 5.40. The molecule has 5 nitrogen and oxygen atoms in total. The lowest BCUT2D eigenvalue weighted by Crippen LogP contribution is -2.04. The van der Waals surface area contributed by atoms with Gasteiger partial charge in [-0.2, -0.15) is 8.78 Å². The molecule has 0 aliphatic carbocycles. The van der Waals surface area contributed by atoms with E-state index in [0.29, 0.717) is 16.7 Å². The zero-order chi connectivity index (χ0) is 14.0. The molecule has 102 valence electrons. The van der Waals surface area contributed by atoms with Crippen LogP contribution < -0.4 is 14.8 Å². The van der Waals surface area contributed by atoms with Crippen LogP contribution in [0.3, 0.4) is 0 Å². The fourth-order valence-electron chi connectivity index (χ4n) is 1.65. The number of nitrogens with zero attached hydrogens (tertiary/aromatic N) is 2. The van der Waals surface area contributed by atoms with E-state index in [2.05, 4.69) is 20.0 Å². The Morgan fingerprint density at radius 3 is 2.58 bits per heavy atom. The molecule has 0 radical (unpaired) electrons.